The summed E-state index contributed by atoms with van der Waals surface area (Å²) in [4.78, 5) is 12.5. The molecule has 0 bridgehead atoms. The minimum Gasteiger partial charge on any atom is -0.406 e. The van der Waals surface area contributed by atoms with Crippen LogP contribution in [0.25, 0.3) is 11.1 Å². The zero-order valence-corrected chi connectivity index (χ0v) is 13.8. The van der Waals surface area contributed by atoms with Crippen molar-refractivity contribution in [2.75, 3.05) is 18.4 Å². The third-order valence-corrected chi connectivity index (χ3v) is 5.01. The summed E-state index contributed by atoms with van der Waals surface area (Å²) in [6.45, 7) is 1.49. The molecule has 2 aliphatic heterocycles. The minimum absolute atomic E-state index is 0.00121. The van der Waals surface area contributed by atoms with Crippen molar-refractivity contribution in [1.82, 2.24) is 5.32 Å². The number of alkyl halides is 3. The van der Waals surface area contributed by atoms with Crippen LogP contribution in [0.5, 0.6) is 5.75 Å². The molecule has 1 amide bonds. The standard InChI is InChI=1S/C19H17F3N2O2/c20-19(21,22)26-15-3-1-2-12(8-15)13-4-5-14-10-18(6-7-23-11-18)17(25)24-16(14)9-13/h1-5,8-9,23H,6-7,10-11H2,(H,24,25). The van der Waals surface area contributed by atoms with Gasteiger partial charge >= 0.3 is 6.36 Å². The Bertz CT molecular complexity index is 858. The van der Waals surface area contributed by atoms with Gasteiger partial charge in [-0.2, -0.15) is 0 Å². The fourth-order valence-electron chi connectivity index (χ4n) is 3.69. The molecule has 0 aromatic heterocycles. The van der Waals surface area contributed by atoms with Crippen LogP contribution < -0.4 is 15.4 Å². The number of fused-ring (bicyclic) bond motifs is 1. The molecule has 2 aromatic rings. The molecule has 2 aliphatic rings. The van der Waals surface area contributed by atoms with Crippen LogP contribution in [0.4, 0.5) is 18.9 Å². The summed E-state index contributed by atoms with van der Waals surface area (Å²) in [5.41, 5.74) is 2.67. The number of halogens is 3. The maximum atomic E-state index is 12.5. The lowest BCUT2D eigenvalue weighted by Gasteiger charge is -2.33. The second kappa shape index (κ2) is 6.02. The number of nitrogens with one attached hydrogen (secondary N) is 2. The summed E-state index contributed by atoms with van der Waals surface area (Å²) in [5, 5.41) is 6.20. The summed E-state index contributed by atoms with van der Waals surface area (Å²) in [6, 6.07) is 11.4. The molecule has 2 aromatic carbocycles. The predicted octanol–water partition coefficient (Wildman–Crippen LogP) is 3.73. The van der Waals surface area contributed by atoms with Gasteiger partial charge in [0.1, 0.15) is 5.75 Å². The smallest absolute Gasteiger partial charge is 0.406 e. The van der Waals surface area contributed by atoms with E-state index in [4.69, 9.17) is 0 Å². The fourth-order valence-corrected chi connectivity index (χ4v) is 3.69. The summed E-state index contributed by atoms with van der Waals surface area (Å²) in [7, 11) is 0. The van der Waals surface area contributed by atoms with Crippen molar-refractivity contribution in [1.29, 1.82) is 0 Å². The summed E-state index contributed by atoms with van der Waals surface area (Å²) < 4.78 is 41.2. The monoisotopic (exact) mass is 362 g/mol. The van der Waals surface area contributed by atoms with E-state index in [-0.39, 0.29) is 11.7 Å². The van der Waals surface area contributed by atoms with E-state index < -0.39 is 11.8 Å². The normalized spacial score (nSPS) is 22.2. The minimum atomic E-state index is -4.73. The van der Waals surface area contributed by atoms with Crippen molar-refractivity contribution in [2.45, 2.75) is 19.2 Å². The fraction of sp³-hybridized carbons (Fsp3) is 0.316. The van der Waals surface area contributed by atoms with E-state index in [1.54, 1.807) is 12.1 Å². The Balaban J connectivity index is 1.63. The molecule has 4 nitrogen and oxygen atoms in total. The largest absolute Gasteiger partial charge is 0.573 e. The summed E-state index contributed by atoms with van der Waals surface area (Å²) >= 11 is 0. The summed E-state index contributed by atoms with van der Waals surface area (Å²) in [5.74, 6) is -0.269. The van der Waals surface area contributed by atoms with E-state index in [1.807, 2.05) is 12.1 Å². The van der Waals surface area contributed by atoms with E-state index in [0.717, 1.165) is 24.1 Å². The van der Waals surface area contributed by atoms with Crippen LogP contribution in [0, 0.1) is 5.41 Å². The molecule has 1 saturated heterocycles. The molecule has 1 unspecified atom stereocenters. The van der Waals surface area contributed by atoms with Crippen LogP contribution in [-0.4, -0.2) is 25.4 Å². The first-order valence-corrected chi connectivity index (χ1v) is 8.36. The van der Waals surface area contributed by atoms with E-state index >= 15 is 0 Å². The van der Waals surface area contributed by atoms with Gasteiger partial charge in [-0.15, -0.1) is 13.2 Å². The predicted molar refractivity (Wildman–Crippen MR) is 90.8 cm³/mol. The van der Waals surface area contributed by atoms with Gasteiger partial charge in [0.05, 0.1) is 5.41 Å². The van der Waals surface area contributed by atoms with E-state index in [0.29, 0.717) is 24.2 Å². The van der Waals surface area contributed by atoms with Gasteiger partial charge < -0.3 is 15.4 Å². The number of rotatable bonds is 2. The second-order valence-corrected chi connectivity index (χ2v) is 6.79. The van der Waals surface area contributed by atoms with Gasteiger partial charge in [-0.3, -0.25) is 4.79 Å². The molecule has 1 spiro atoms. The first-order valence-electron chi connectivity index (χ1n) is 8.36. The highest BCUT2D eigenvalue weighted by atomic mass is 19.4. The molecule has 2 heterocycles. The first-order chi connectivity index (χ1) is 12.3. The molecule has 136 valence electrons. The zero-order valence-electron chi connectivity index (χ0n) is 13.8. The highest BCUT2D eigenvalue weighted by molar-refractivity contribution is 5.99. The van der Waals surface area contributed by atoms with Crippen LogP contribution in [0.3, 0.4) is 0 Å². The maximum Gasteiger partial charge on any atom is 0.573 e. The lowest BCUT2D eigenvalue weighted by atomic mass is 9.76. The van der Waals surface area contributed by atoms with Crippen molar-refractivity contribution < 1.29 is 22.7 Å². The lowest BCUT2D eigenvalue weighted by molar-refractivity contribution is -0.274. The molecule has 2 N–H and O–H groups in total. The average molecular weight is 362 g/mol. The van der Waals surface area contributed by atoms with Crippen LogP contribution in [0.15, 0.2) is 42.5 Å². The number of hydrogen-bond donors (Lipinski definition) is 2. The second-order valence-electron chi connectivity index (χ2n) is 6.79. The zero-order chi connectivity index (χ0) is 18.4. The molecule has 0 saturated carbocycles. The van der Waals surface area contributed by atoms with Crippen molar-refractivity contribution >= 4 is 11.6 Å². The average Bonchev–Trinajstić information content (AvgIpc) is 3.04. The molecular weight excluding hydrogens is 345 g/mol. The van der Waals surface area contributed by atoms with Crippen molar-refractivity contribution in [3.63, 3.8) is 0 Å². The van der Waals surface area contributed by atoms with Gasteiger partial charge in [0.2, 0.25) is 5.91 Å². The molecule has 0 aliphatic carbocycles. The number of amides is 1. The number of carbonyl (C=O) groups is 1. The van der Waals surface area contributed by atoms with E-state index in [2.05, 4.69) is 15.4 Å². The quantitative estimate of drug-likeness (QED) is 0.856. The molecule has 0 radical (unpaired) electrons. The van der Waals surface area contributed by atoms with Gasteiger partial charge in [-0.1, -0.05) is 24.3 Å². The summed E-state index contributed by atoms with van der Waals surface area (Å²) in [6.07, 6.45) is -3.26. The highest BCUT2D eigenvalue weighted by Gasteiger charge is 2.44. The van der Waals surface area contributed by atoms with Crippen LogP contribution >= 0.6 is 0 Å². The first kappa shape index (κ1) is 16.9. The molecule has 7 heteroatoms. The van der Waals surface area contributed by atoms with Gasteiger partial charge in [0.25, 0.3) is 0 Å². The number of anilines is 1. The number of carbonyl (C=O) groups excluding carboxylic acids is 1. The lowest BCUT2D eigenvalue weighted by Crippen LogP contribution is -2.43. The Kier molecular flexibility index (Phi) is 3.91. The van der Waals surface area contributed by atoms with Gasteiger partial charge in [-0.05, 0) is 54.3 Å². The molecule has 4 rings (SSSR count). The third kappa shape index (κ3) is 3.14. The van der Waals surface area contributed by atoms with Crippen LogP contribution in [0.1, 0.15) is 12.0 Å². The third-order valence-electron chi connectivity index (χ3n) is 5.01. The number of hydrogen-bond acceptors (Lipinski definition) is 3. The molecule has 1 atom stereocenters. The number of benzene rings is 2. The van der Waals surface area contributed by atoms with E-state index in [9.17, 15) is 18.0 Å². The molecular formula is C19H17F3N2O2. The van der Waals surface area contributed by atoms with Gasteiger partial charge in [0, 0.05) is 12.2 Å². The topological polar surface area (TPSA) is 50.4 Å². The molecule has 1 fully saturated rings. The Morgan fingerprint density at radius 1 is 1.08 bits per heavy atom. The van der Waals surface area contributed by atoms with Crippen molar-refractivity contribution in [3.05, 3.63) is 48.0 Å². The molecule has 26 heavy (non-hydrogen) atoms. The van der Waals surface area contributed by atoms with Crippen molar-refractivity contribution in [2.24, 2.45) is 5.41 Å². The SMILES string of the molecule is O=C1Nc2cc(-c3cccc(OC(F)(F)F)c3)ccc2CC12CCNC2. The van der Waals surface area contributed by atoms with Crippen molar-refractivity contribution in [3.8, 4) is 16.9 Å². The van der Waals surface area contributed by atoms with Crippen LogP contribution in [-0.2, 0) is 11.2 Å². The number of ether oxygens (including phenoxy) is 1. The highest BCUT2D eigenvalue weighted by Crippen LogP contribution is 2.40. The van der Waals surface area contributed by atoms with Crippen LogP contribution in [0.2, 0.25) is 0 Å². The Hall–Kier alpha value is -2.54. The van der Waals surface area contributed by atoms with Gasteiger partial charge in [-0.25, -0.2) is 0 Å². The van der Waals surface area contributed by atoms with Gasteiger partial charge in [0.15, 0.2) is 0 Å². The Morgan fingerprint density at radius 3 is 2.62 bits per heavy atom. The Morgan fingerprint density at radius 2 is 1.88 bits per heavy atom. The Labute approximate surface area is 148 Å². The maximum absolute atomic E-state index is 12.5. The van der Waals surface area contributed by atoms with E-state index in [1.165, 1.54) is 18.2 Å².